The molecule has 1 aromatic heterocycles. The van der Waals surface area contributed by atoms with Crippen molar-refractivity contribution < 1.29 is 14.3 Å². The molecule has 0 aliphatic rings. The van der Waals surface area contributed by atoms with E-state index in [0.29, 0.717) is 23.5 Å². The van der Waals surface area contributed by atoms with Gasteiger partial charge in [0, 0.05) is 29.2 Å². The van der Waals surface area contributed by atoms with Crippen molar-refractivity contribution in [3.05, 3.63) is 72.3 Å². The van der Waals surface area contributed by atoms with E-state index in [2.05, 4.69) is 16.0 Å². The second kappa shape index (κ2) is 8.90. The van der Waals surface area contributed by atoms with Crippen LogP contribution in [-0.4, -0.2) is 25.6 Å². The fraction of sp³-hybridized carbons (Fsp3) is 0.120. The number of benzene rings is 3. The quantitative estimate of drug-likeness (QED) is 0.491. The third-order valence-electron chi connectivity index (χ3n) is 5.31. The lowest BCUT2D eigenvalue weighted by Crippen LogP contribution is -2.17. The molecule has 32 heavy (non-hydrogen) atoms. The number of ether oxygens (including phenoxy) is 2. The summed E-state index contributed by atoms with van der Waals surface area (Å²) in [6, 6.07) is 22.7. The second-order valence-corrected chi connectivity index (χ2v) is 7.37. The Morgan fingerprint density at radius 2 is 1.84 bits per heavy atom. The van der Waals surface area contributed by atoms with E-state index in [9.17, 15) is 10.1 Å². The smallest absolute Gasteiger partial charge is 0.417 e. The van der Waals surface area contributed by atoms with Crippen LogP contribution in [0.1, 0.15) is 12.5 Å². The van der Waals surface area contributed by atoms with Gasteiger partial charge in [0.1, 0.15) is 25.4 Å². The average molecular weight is 423 g/mol. The standard InChI is InChI=1S/C25H22BN3O3/c1-3-29-23-14-20(31-2)11-12-21(23)22(15-27)24(29)16-5-4-6-18(13-16)28-25(30)32-19-9-7-17(26)8-10-19/h4-14H,3,26H2,1-2H3,(H,28,30). The molecule has 0 atom stereocenters. The number of carbonyl (C=O) groups excluding carboxylic acids is 1. The molecule has 158 valence electrons. The van der Waals surface area contributed by atoms with Crippen LogP contribution in [0.5, 0.6) is 11.5 Å². The Hall–Kier alpha value is -4.18. The van der Waals surface area contributed by atoms with E-state index in [0.717, 1.165) is 33.4 Å². The van der Waals surface area contributed by atoms with Crippen LogP contribution in [-0.2, 0) is 6.54 Å². The predicted octanol–water partition coefficient (Wildman–Crippen LogP) is 4.08. The minimum atomic E-state index is -0.577. The van der Waals surface area contributed by atoms with Crippen molar-refractivity contribution >= 4 is 36.0 Å². The lowest BCUT2D eigenvalue weighted by molar-refractivity contribution is 0.215. The SMILES string of the molecule is Bc1ccc(OC(=O)Nc2cccc(-c3c(C#N)c4ccc(OC)cc4n3CC)c2)cc1. The topological polar surface area (TPSA) is 76.3 Å². The van der Waals surface area contributed by atoms with Gasteiger partial charge in [-0.15, -0.1) is 0 Å². The number of fused-ring (bicyclic) bond motifs is 1. The van der Waals surface area contributed by atoms with Crippen LogP contribution < -0.4 is 20.3 Å². The second-order valence-electron chi connectivity index (χ2n) is 7.37. The molecule has 4 aromatic rings. The number of hydrogen-bond acceptors (Lipinski definition) is 4. The first-order valence-corrected chi connectivity index (χ1v) is 10.3. The first-order valence-electron chi connectivity index (χ1n) is 10.3. The van der Waals surface area contributed by atoms with Crippen molar-refractivity contribution in [1.82, 2.24) is 4.57 Å². The predicted molar refractivity (Wildman–Crippen MR) is 129 cm³/mol. The Kier molecular flexibility index (Phi) is 5.86. The molecule has 3 aromatic carbocycles. The molecule has 0 radical (unpaired) electrons. The Morgan fingerprint density at radius 3 is 2.53 bits per heavy atom. The Bertz CT molecular complexity index is 1340. The van der Waals surface area contributed by atoms with Crippen molar-refractivity contribution in [1.29, 1.82) is 5.26 Å². The molecule has 6 nitrogen and oxygen atoms in total. The van der Waals surface area contributed by atoms with Gasteiger partial charge in [-0.3, -0.25) is 5.32 Å². The molecule has 4 rings (SSSR count). The largest absolute Gasteiger partial charge is 0.497 e. The zero-order valence-corrected chi connectivity index (χ0v) is 18.2. The third kappa shape index (κ3) is 4.03. The highest BCUT2D eigenvalue weighted by Gasteiger charge is 2.19. The molecular formula is C25H22BN3O3. The summed E-state index contributed by atoms with van der Waals surface area (Å²) in [5, 5.41) is 13.6. The highest BCUT2D eigenvalue weighted by atomic mass is 16.6. The number of amides is 1. The minimum Gasteiger partial charge on any atom is -0.497 e. The van der Waals surface area contributed by atoms with E-state index in [4.69, 9.17) is 9.47 Å². The van der Waals surface area contributed by atoms with Gasteiger partial charge in [-0.2, -0.15) is 5.26 Å². The summed E-state index contributed by atoms with van der Waals surface area (Å²) in [7, 11) is 3.59. The maximum absolute atomic E-state index is 12.4. The number of nitrogens with one attached hydrogen (secondary N) is 1. The van der Waals surface area contributed by atoms with Crippen LogP contribution in [0.2, 0.25) is 0 Å². The molecule has 7 heteroatoms. The van der Waals surface area contributed by atoms with E-state index in [1.165, 1.54) is 0 Å². The molecular weight excluding hydrogens is 401 g/mol. The van der Waals surface area contributed by atoms with E-state index >= 15 is 0 Å². The van der Waals surface area contributed by atoms with Crippen molar-refractivity contribution in [2.75, 3.05) is 12.4 Å². The summed E-state index contributed by atoms with van der Waals surface area (Å²) in [4.78, 5) is 12.4. The van der Waals surface area contributed by atoms with Crippen LogP contribution in [0, 0.1) is 11.3 Å². The highest BCUT2D eigenvalue weighted by molar-refractivity contribution is 6.32. The van der Waals surface area contributed by atoms with E-state index < -0.39 is 6.09 Å². The lowest BCUT2D eigenvalue weighted by Gasteiger charge is -2.11. The van der Waals surface area contributed by atoms with Crippen LogP contribution in [0.4, 0.5) is 10.5 Å². The molecule has 1 amide bonds. The van der Waals surface area contributed by atoms with Gasteiger partial charge in [-0.25, -0.2) is 4.79 Å². The zero-order valence-electron chi connectivity index (χ0n) is 18.2. The number of carbonyl (C=O) groups is 1. The van der Waals surface area contributed by atoms with E-state index in [1.54, 1.807) is 25.3 Å². The molecule has 0 fully saturated rings. The van der Waals surface area contributed by atoms with E-state index in [-0.39, 0.29) is 0 Å². The first kappa shape index (κ1) is 21.1. The summed E-state index contributed by atoms with van der Waals surface area (Å²) in [6.45, 7) is 2.71. The molecule has 0 spiro atoms. The molecule has 0 unspecified atom stereocenters. The fourth-order valence-corrected chi connectivity index (χ4v) is 3.80. The fourth-order valence-electron chi connectivity index (χ4n) is 3.80. The number of aryl methyl sites for hydroxylation is 1. The molecule has 0 aliphatic carbocycles. The van der Waals surface area contributed by atoms with Gasteiger partial charge >= 0.3 is 6.09 Å². The molecule has 0 saturated carbocycles. The third-order valence-corrected chi connectivity index (χ3v) is 5.31. The summed E-state index contributed by atoms with van der Waals surface area (Å²) < 4.78 is 12.8. The number of hydrogen-bond donors (Lipinski definition) is 1. The summed E-state index contributed by atoms with van der Waals surface area (Å²) in [6.07, 6.45) is -0.577. The zero-order chi connectivity index (χ0) is 22.7. The van der Waals surface area contributed by atoms with Crippen LogP contribution >= 0.6 is 0 Å². The maximum atomic E-state index is 12.4. The number of aromatic nitrogens is 1. The number of methoxy groups -OCH3 is 1. The first-order chi connectivity index (χ1) is 15.5. The number of rotatable bonds is 5. The Labute approximate surface area is 187 Å². The molecule has 0 aliphatic heterocycles. The van der Waals surface area contributed by atoms with Crippen molar-refractivity contribution in [2.45, 2.75) is 13.5 Å². The Morgan fingerprint density at radius 1 is 1.09 bits per heavy atom. The van der Waals surface area contributed by atoms with Crippen molar-refractivity contribution in [3.8, 4) is 28.8 Å². The normalized spacial score (nSPS) is 10.5. The Balaban J connectivity index is 1.69. The van der Waals surface area contributed by atoms with E-state index in [1.807, 2.05) is 63.3 Å². The molecule has 0 bridgehead atoms. The monoisotopic (exact) mass is 423 g/mol. The van der Waals surface area contributed by atoms with Crippen molar-refractivity contribution in [3.63, 3.8) is 0 Å². The van der Waals surface area contributed by atoms with Gasteiger partial charge < -0.3 is 14.0 Å². The van der Waals surface area contributed by atoms with Crippen molar-refractivity contribution in [2.24, 2.45) is 0 Å². The molecule has 0 saturated heterocycles. The minimum absolute atomic E-state index is 0.469. The number of nitriles is 1. The van der Waals surface area contributed by atoms with Gasteiger partial charge in [0.05, 0.1) is 23.9 Å². The van der Waals surface area contributed by atoms with Crippen LogP contribution in [0.15, 0.2) is 66.7 Å². The summed E-state index contributed by atoms with van der Waals surface area (Å²) >= 11 is 0. The highest BCUT2D eigenvalue weighted by Crippen LogP contribution is 2.36. The average Bonchev–Trinajstić information content (AvgIpc) is 3.13. The van der Waals surface area contributed by atoms with Crippen LogP contribution in [0.25, 0.3) is 22.2 Å². The number of nitrogens with zero attached hydrogens (tertiary/aromatic N) is 2. The lowest BCUT2D eigenvalue weighted by atomic mass is 9.97. The van der Waals surface area contributed by atoms with Gasteiger partial charge in [-0.1, -0.05) is 29.7 Å². The van der Waals surface area contributed by atoms with Crippen LogP contribution in [0.3, 0.4) is 0 Å². The molecule has 1 heterocycles. The van der Waals surface area contributed by atoms with Gasteiger partial charge in [0.15, 0.2) is 0 Å². The molecule has 1 N–H and O–H groups in total. The van der Waals surface area contributed by atoms with Gasteiger partial charge in [-0.05, 0) is 43.3 Å². The maximum Gasteiger partial charge on any atom is 0.417 e. The summed E-state index contributed by atoms with van der Waals surface area (Å²) in [5.74, 6) is 1.20. The number of anilines is 1. The van der Waals surface area contributed by atoms with Gasteiger partial charge in [0.2, 0.25) is 0 Å². The van der Waals surface area contributed by atoms with Gasteiger partial charge in [0.25, 0.3) is 0 Å². The summed E-state index contributed by atoms with van der Waals surface area (Å²) in [5.41, 5.74) is 4.80.